The number of amides is 1. The van der Waals surface area contributed by atoms with Gasteiger partial charge in [0.1, 0.15) is 29.6 Å². The van der Waals surface area contributed by atoms with Crippen LogP contribution in [-0.4, -0.2) is 32.8 Å². The van der Waals surface area contributed by atoms with Gasteiger partial charge in [-0.2, -0.15) is 0 Å². The molecule has 2 aromatic rings. The minimum absolute atomic E-state index is 0.0983. The van der Waals surface area contributed by atoms with Gasteiger partial charge in [0.05, 0.1) is 0 Å². The highest BCUT2D eigenvalue weighted by atomic mass is 16.3. The van der Waals surface area contributed by atoms with Crippen LogP contribution in [0.1, 0.15) is 16.1 Å². The largest absolute Gasteiger partial charge is 0.508 e. The van der Waals surface area contributed by atoms with Gasteiger partial charge in [0.15, 0.2) is 0 Å². The Hall–Kier alpha value is -3.04. The van der Waals surface area contributed by atoms with Gasteiger partial charge in [0.2, 0.25) is 0 Å². The van der Waals surface area contributed by atoms with Crippen molar-refractivity contribution in [3.05, 3.63) is 47.7 Å². The second-order valence-electron chi connectivity index (χ2n) is 4.06. The van der Waals surface area contributed by atoms with Crippen molar-refractivity contribution in [2.75, 3.05) is 11.9 Å². The summed E-state index contributed by atoms with van der Waals surface area (Å²) in [4.78, 5) is 16.1. The van der Waals surface area contributed by atoms with Crippen LogP contribution in [0.3, 0.4) is 0 Å². The topological polar surface area (TPSA) is 103 Å². The molecule has 0 aliphatic carbocycles. The third kappa shape index (κ3) is 3.96. The molecule has 1 amide bonds. The fourth-order valence-corrected chi connectivity index (χ4v) is 1.62. The van der Waals surface area contributed by atoms with Crippen molar-refractivity contribution in [3.63, 3.8) is 0 Å². The maximum absolute atomic E-state index is 12.0. The Labute approximate surface area is 120 Å². The van der Waals surface area contributed by atoms with Crippen molar-refractivity contribution in [1.29, 1.82) is 0 Å². The van der Waals surface area contributed by atoms with Crippen molar-refractivity contribution < 1.29 is 20.1 Å². The molecule has 6 heteroatoms. The highest BCUT2D eigenvalue weighted by Crippen LogP contribution is 2.21. The Kier molecular flexibility index (Phi) is 4.39. The Bertz CT molecular complexity index is 712. The van der Waals surface area contributed by atoms with Crippen LogP contribution in [0, 0.1) is 11.8 Å². The van der Waals surface area contributed by atoms with E-state index in [1.165, 1.54) is 12.1 Å². The van der Waals surface area contributed by atoms with Crippen LogP contribution in [0.4, 0.5) is 5.82 Å². The summed E-state index contributed by atoms with van der Waals surface area (Å²) in [6.45, 7) is -0.277. The number of pyridine rings is 1. The lowest BCUT2D eigenvalue weighted by Gasteiger charge is -2.06. The predicted molar refractivity (Wildman–Crippen MR) is 75.9 cm³/mol. The van der Waals surface area contributed by atoms with Gasteiger partial charge in [0.25, 0.3) is 5.91 Å². The second kappa shape index (κ2) is 6.41. The van der Waals surface area contributed by atoms with Crippen LogP contribution in [-0.2, 0) is 0 Å². The van der Waals surface area contributed by atoms with Crippen LogP contribution in [0.2, 0.25) is 0 Å². The molecule has 1 aromatic heterocycles. The Morgan fingerprint density at radius 3 is 2.57 bits per heavy atom. The molecule has 106 valence electrons. The van der Waals surface area contributed by atoms with Gasteiger partial charge in [0, 0.05) is 11.6 Å². The number of carbonyl (C=O) groups excluding carboxylic acids is 1. The number of aliphatic hydroxyl groups excluding tert-OH is 1. The summed E-state index contributed by atoms with van der Waals surface area (Å²) in [5.74, 6) is 4.40. The first-order chi connectivity index (χ1) is 10.1. The van der Waals surface area contributed by atoms with Gasteiger partial charge in [-0.25, -0.2) is 4.98 Å². The summed E-state index contributed by atoms with van der Waals surface area (Å²) < 4.78 is 0. The minimum Gasteiger partial charge on any atom is -0.508 e. The molecule has 0 saturated carbocycles. The molecule has 0 spiro atoms. The molecule has 0 bridgehead atoms. The molecule has 0 saturated heterocycles. The lowest BCUT2D eigenvalue weighted by Crippen LogP contribution is -2.13. The van der Waals surface area contributed by atoms with Crippen molar-refractivity contribution in [1.82, 2.24) is 4.98 Å². The molecule has 6 nitrogen and oxygen atoms in total. The van der Waals surface area contributed by atoms with E-state index < -0.39 is 5.91 Å². The van der Waals surface area contributed by atoms with Gasteiger partial charge in [-0.1, -0.05) is 12.0 Å². The maximum atomic E-state index is 12.0. The smallest absolute Gasteiger partial charge is 0.257 e. The van der Waals surface area contributed by atoms with E-state index in [1.807, 2.05) is 0 Å². The molecule has 21 heavy (non-hydrogen) atoms. The van der Waals surface area contributed by atoms with Crippen molar-refractivity contribution in [2.45, 2.75) is 0 Å². The summed E-state index contributed by atoms with van der Waals surface area (Å²) >= 11 is 0. The quantitative estimate of drug-likeness (QED) is 0.618. The Morgan fingerprint density at radius 1 is 1.19 bits per heavy atom. The number of aromatic nitrogens is 1. The average molecular weight is 284 g/mol. The number of nitrogens with zero attached hydrogens (tertiary/aromatic N) is 1. The number of phenolic OH excluding ortho intramolecular Hbond substituents is 2. The zero-order valence-corrected chi connectivity index (χ0v) is 10.9. The van der Waals surface area contributed by atoms with Crippen molar-refractivity contribution in [3.8, 4) is 23.3 Å². The number of aromatic hydroxyl groups is 2. The van der Waals surface area contributed by atoms with Crippen LogP contribution < -0.4 is 5.32 Å². The van der Waals surface area contributed by atoms with E-state index in [4.69, 9.17) is 5.11 Å². The molecule has 0 aliphatic rings. The van der Waals surface area contributed by atoms with Gasteiger partial charge in [-0.3, -0.25) is 4.79 Å². The first-order valence-electron chi connectivity index (χ1n) is 5.99. The van der Waals surface area contributed by atoms with Crippen LogP contribution >= 0.6 is 0 Å². The van der Waals surface area contributed by atoms with Crippen LogP contribution in [0.25, 0.3) is 0 Å². The zero-order valence-electron chi connectivity index (χ0n) is 10.9. The van der Waals surface area contributed by atoms with Crippen LogP contribution in [0.15, 0.2) is 36.4 Å². The monoisotopic (exact) mass is 284 g/mol. The Morgan fingerprint density at radius 2 is 1.90 bits per heavy atom. The van der Waals surface area contributed by atoms with Crippen molar-refractivity contribution >= 4 is 11.7 Å². The normalized spacial score (nSPS) is 9.57. The predicted octanol–water partition coefficient (Wildman–Crippen LogP) is 1.09. The van der Waals surface area contributed by atoms with Gasteiger partial charge in [-0.05, 0) is 30.2 Å². The van der Waals surface area contributed by atoms with E-state index in [-0.39, 0.29) is 29.5 Å². The standard InChI is InChI=1S/C15H12N2O4/c18-6-2-4-11-3-1-5-14(16-11)17-15(21)10-7-12(19)9-13(20)8-10/h1,3,5,7-9,18-20H,6H2,(H,16,17,21). The number of nitrogens with one attached hydrogen (secondary N) is 1. The second-order valence-corrected chi connectivity index (χ2v) is 4.06. The maximum Gasteiger partial charge on any atom is 0.257 e. The molecular formula is C15H12N2O4. The number of benzene rings is 1. The molecule has 4 N–H and O–H groups in total. The summed E-state index contributed by atoms with van der Waals surface area (Å²) in [5, 5.41) is 29.9. The van der Waals surface area contributed by atoms with Crippen molar-refractivity contribution in [2.24, 2.45) is 0 Å². The molecule has 0 radical (unpaired) electrons. The highest BCUT2D eigenvalue weighted by molar-refractivity contribution is 6.04. The Balaban J connectivity index is 2.19. The summed E-state index contributed by atoms with van der Waals surface area (Å²) in [6.07, 6.45) is 0. The average Bonchev–Trinajstić information content (AvgIpc) is 2.44. The minimum atomic E-state index is -0.527. The van der Waals surface area contributed by atoms with Gasteiger partial charge >= 0.3 is 0 Å². The molecule has 2 rings (SSSR count). The van der Waals surface area contributed by atoms with E-state index in [2.05, 4.69) is 22.1 Å². The van der Waals surface area contributed by atoms with E-state index in [0.29, 0.717) is 5.69 Å². The number of anilines is 1. The number of phenols is 2. The van der Waals surface area contributed by atoms with E-state index in [0.717, 1.165) is 6.07 Å². The molecular weight excluding hydrogens is 272 g/mol. The zero-order chi connectivity index (χ0) is 15.2. The van der Waals surface area contributed by atoms with Crippen LogP contribution in [0.5, 0.6) is 11.5 Å². The van der Waals surface area contributed by atoms with E-state index in [9.17, 15) is 15.0 Å². The summed E-state index contributed by atoms with van der Waals surface area (Å²) in [7, 11) is 0. The summed E-state index contributed by atoms with van der Waals surface area (Å²) in [5.41, 5.74) is 0.502. The molecule has 0 fully saturated rings. The lowest BCUT2D eigenvalue weighted by atomic mass is 10.2. The molecule has 0 aliphatic heterocycles. The lowest BCUT2D eigenvalue weighted by molar-refractivity contribution is 0.102. The number of aliphatic hydroxyl groups is 1. The van der Waals surface area contributed by atoms with Gasteiger partial charge < -0.3 is 20.6 Å². The number of hydrogen-bond acceptors (Lipinski definition) is 5. The third-order valence-corrected chi connectivity index (χ3v) is 2.45. The first kappa shape index (κ1) is 14.4. The summed E-state index contributed by atoms with van der Waals surface area (Å²) in [6, 6.07) is 8.45. The molecule has 0 atom stereocenters. The third-order valence-electron chi connectivity index (χ3n) is 2.45. The molecule has 0 unspecified atom stereocenters. The van der Waals surface area contributed by atoms with Gasteiger partial charge in [-0.15, -0.1) is 0 Å². The molecule has 1 aromatic carbocycles. The fraction of sp³-hybridized carbons (Fsp3) is 0.0667. The van der Waals surface area contributed by atoms with E-state index >= 15 is 0 Å². The highest BCUT2D eigenvalue weighted by Gasteiger charge is 2.09. The van der Waals surface area contributed by atoms with E-state index in [1.54, 1.807) is 18.2 Å². The SMILES string of the molecule is O=C(Nc1cccc(C#CCO)n1)c1cc(O)cc(O)c1. The number of hydrogen-bond donors (Lipinski definition) is 4. The fourth-order valence-electron chi connectivity index (χ4n) is 1.62. The molecule has 1 heterocycles. The number of rotatable bonds is 2. The number of carbonyl (C=O) groups is 1. The first-order valence-corrected chi connectivity index (χ1v) is 5.99.